The van der Waals surface area contributed by atoms with E-state index in [1.807, 2.05) is 12.1 Å². The summed E-state index contributed by atoms with van der Waals surface area (Å²) in [6.07, 6.45) is 0. The van der Waals surface area contributed by atoms with Gasteiger partial charge in [-0.15, -0.1) is 0 Å². The molecule has 0 amide bonds. The van der Waals surface area contributed by atoms with E-state index in [0.29, 0.717) is 0 Å². The van der Waals surface area contributed by atoms with Crippen LogP contribution in [-0.2, 0) is 0 Å². The van der Waals surface area contributed by atoms with Crippen LogP contribution in [0.4, 0.5) is 5.69 Å². The molecule has 21 heavy (non-hydrogen) atoms. The Labute approximate surface area is 127 Å². The van der Waals surface area contributed by atoms with Gasteiger partial charge < -0.3 is 5.73 Å². The predicted molar refractivity (Wildman–Crippen MR) is 94.3 cm³/mol. The summed E-state index contributed by atoms with van der Waals surface area (Å²) in [4.78, 5) is 0. The van der Waals surface area contributed by atoms with Crippen LogP contribution < -0.4 is 21.6 Å². The Bertz CT molecular complexity index is 663. The third-order valence-electron chi connectivity index (χ3n) is 3.52. The number of nitrogen functional groups attached to an aromatic ring is 1. The van der Waals surface area contributed by atoms with E-state index in [1.54, 1.807) is 0 Å². The summed E-state index contributed by atoms with van der Waals surface area (Å²) in [6.45, 7) is 2.15. The predicted octanol–water partition coefficient (Wildman–Crippen LogP) is 3.34. The lowest BCUT2D eigenvalue weighted by Crippen LogP contribution is -2.24. The molecule has 0 bridgehead atoms. The first kappa shape index (κ1) is 13.9. The molecule has 0 aliphatic carbocycles. The van der Waals surface area contributed by atoms with Crippen LogP contribution in [0.15, 0.2) is 78.9 Å². The molecule has 0 aromatic heterocycles. The van der Waals surface area contributed by atoms with E-state index in [0.717, 1.165) is 5.69 Å². The van der Waals surface area contributed by atoms with Gasteiger partial charge in [0.2, 0.25) is 0 Å². The Morgan fingerprint density at radius 1 is 0.667 bits per heavy atom. The fourth-order valence-corrected chi connectivity index (χ4v) is 5.06. The third-order valence-corrected chi connectivity index (χ3v) is 6.21. The summed E-state index contributed by atoms with van der Waals surface area (Å²) in [6, 6.07) is 27.5. The molecule has 2 N–H and O–H groups in total. The van der Waals surface area contributed by atoms with Crippen LogP contribution >= 0.6 is 7.92 Å². The van der Waals surface area contributed by atoms with Gasteiger partial charge in [-0.05, 0) is 37.1 Å². The minimum atomic E-state index is -0.613. The lowest BCUT2D eigenvalue weighted by molar-refractivity contribution is 1.52. The molecule has 0 saturated carbocycles. The van der Waals surface area contributed by atoms with Gasteiger partial charge in [-0.2, -0.15) is 0 Å². The molecule has 104 valence electrons. The quantitative estimate of drug-likeness (QED) is 0.581. The van der Waals surface area contributed by atoms with Crippen molar-refractivity contribution in [3.63, 3.8) is 0 Å². The van der Waals surface area contributed by atoms with E-state index in [2.05, 4.69) is 73.7 Å². The summed E-state index contributed by atoms with van der Waals surface area (Å²) < 4.78 is 0. The highest BCUT2D eigenvalue weighted by Crippen LogP contribution is 2.36. The minimum Gasteiger partial charge on any atom is -0.398 e. The molecule has 3 aromatic rings. The summed E-state index contributed by atoms with van der Waals surface area (Å²) in [5, 5.41) is 3.93. The summed E-state index contributed by atoms with van der Waals surface area (Å²) in [7, 11) is -0.613. The molecule has 1 nitrogen and oxygen atoms in total. The molecule has 0 aliphatic heterocycles. The molecular weight excluding hydrogens is 273 g/mol. The van der Waals surface area contributed by atoms with Crippen molar-refractivity contribution in [2.24, 2.45) is 0 Å². The van der Waals surface area contributed by atoms with Crippen LogP contribution in [-0.4, -0.2) is 0 Å². The van der Waals surface area contributed by atoms with Gasteiger partial charge in [0, 0.05) is 11.0 Å². The van der Waals surface area contributed by atoms with Crippen molar-refractivity contribution in [2.75, 3.05) is 5.73 Å². The lowest BCUT2D eigenvalue weighted by atomic mass is 10.2. The Kier molecular flexibility index (Phi) is 4.03. The van der Waals surface area contributed by atoms with E-state index in [-0.39, 0.29) is 0 Å². The molecule has 0 spiro atoms. The van der Waals surface area contributed by atoms with Crippen molar-refractivity contribution in [1.29, 1.82) is 0 Å². The second-order valence-electron chi connectivity index (χ2n) is 5.02. The highest BCUT2D eigenvalue weighted by atomic mass is 31.1. The number of rotatable bonds is 3. The van der Waals surface area contributed by atoms with Crippen molar-refractivity contribution in [3.05, 3.63) is 84.4 Å². The van der Waals surface area contributed by atoms with Gasteiger partial charge in [-0.1, -0.05) is 72.8 Å². The van der Waals surface area contributed by atoms with Crippen molar-refractivity contribution in [2.45, 2.75) is 6.92 Å². The van der Waals surface area contributed by atoms with Gasteiger partial charge in [-0.3, -0.25) is 0 Å². The first-order valence-corrected chi connectivity index (χ1v) is 8.37. The van der Waals surface area contributed by atoms with Crippen LogP contribution in [0.1, 0.15) is 5.56 Å². The molecule has 0 unspecified atom stereocenters. The maximum atomic E-state index is 6.31. The first-order valence-electron chi connectivity index (χ1n) is 7.02. The Balaban J connectivity index is 2.23. The maximum Gasteiger partial charge on any atom is 0.0401 e. The molecule has 3 aromatic carbocycles. The second-order valence-corrected chi connectivity index (χ2v) is 7.17. The van der Waals surface area contributed by atoms with Crippen LogP contribution in [0.3, 0.4) is 0 Å². The zero-order chi connectivity index (χ0) is 14.7. The van der Waals surface area contributed by atoms with E-state index in [4.69, 9.17) is 5.73 Å². The summed E-state index contributed by atoms with van der Waals surface area (Å²) in [5.41, 5.74) is 8.45. The number of anilines is 1. The van der Waals surface area contributed by atoms with Crippen molar-refractivity contribution in [3.8, 4) is 0 Å². The number of hydrogen-bond donors (Lipinski definition) is 1. The van der Waals surface area contributed by atoms with E-state index in [9.17, 15) is 0 Å². The van der Waals surface area contributed by atoms with Gasteiger partial charge in [0.25, 0.3) is 0 Å². The lowest BCUT2D eigenvalue weighted by Gasteiger charge is -2.22. The average molecular weight is 291 g/mol. The number of aryl methyl sites for hydroxylation is 1. The zero-order valence-electron chi connectivity index (χ0n) is 12.0. The Morgan fingerprint density at radius 2 is 1.19 bits per heavy atom. The Morgan fingerprint density at radius 3 is 1.67 bits per heavy atom. The SMILES string of the molecule is Cc1cccc(N)c1P(c1ccccc1)c1ccccc1. The molecule has 0 heterocycles. The van der Waals surface area contributed by atoms with Crippen LogP contribution in [0.2, 0.25) is 0 Å². The van der Waals surface area contributed by atoms with Crippen LogP contribution in [0, 0.1) is 6.92 Å². The van der Waals surface area contributed by atoms with Crippen molar-refractivity contribution < 1.29 is 0 Å². The van der Waals surface area contributed by atoms with Gasteiger partial charge in [-0.25, -0.2) is 0 Å². The van der Waals surface area contributed by atoms with E-state index >= 15 is 0 Å². The first-order chi connectivity index (χ1) is 10.3. The molecule has 0 saturated heterocycles. The van der Waals surface area contributed by atoms with Crippen LogP contribution in [0.5, 0.6) is 0 Å². The molecule has 0 fully saturated rings. The number of benzene rings is 3. The van der Waals surface area contributed by atoms with Crippen LogP contribution in [0.25, 0.3) is 0 Å². The molecule has 0 aliphatic rings. The molecule has 2 heteroatoms. The zero-order valence-corrected chi connectivity index (χ0v) is 12.9. The van der Waals surface area contributed by atoms with Crippen molar-refractivity contribution in [1.82, 2.24) is 0 Å². The summed E-state index contributed by atoms with van der Waals surface area (Å²) in [5.74, 6) is 0. The highest BCUT2D eigenvalue weighted by Gasteiger charge is 2.20. The van der Waals surface area contributed by atoms with E-state index in [1.165, 1.54) is 21.5 Å². The monoisotopic (exact) mass is 291 g/mol. The number of hydrogen-bond acceptors (Lipinski definition) is 1. The fourth-order valence-electron chi connectivity index (χ4n) is 2.55. The van der Waals surface area contributed by atoms with Crippen molar-refractivity contribution >= 4 is 29.5 Å². The topological polar surface area (TPSA) is 26.0 Å². The second kappa shape index (κ2) is 6.11. The van der Waals surface area contributed by atoms with Gasteiger partial charge in [0.1, 0.15) is 0 Å². The maximum absolute atomic E-state index is 6.31. The average Bonchev–Trinajstić information content (AvgIpc) is 2.53. The standard InChI is InChI=1S/C19H18NP/c1-15-9-8-14-18(20)19(15)21(16-10-4-2-5-11-16)17-12-6-3-7-13-17/h2-14H,20H2,1H3. The smallest absolute Gasteiger partial charge is 0.0401 e. The van der Waals surface area contributed by atoms with Gasteiger partial charge >= 0.3 is 0 Å². The Hall–Kier alpha value is -2.11. The highest BCUT2D eigenvalue weighted by molar-refractivity contribution is 7.80. The molecule has 0 atom stereocenters. The van der Waals surface area contributed by atoms with Gasteiger partial charge in [0.05, 0.1) is 0 Å². The van der Waals surface area contributed by atoms with E-state index < -0.39 is 7.92 Å². The summed E-state index contributed by atoms with van der Waals surface area (Å²) >= 11 is 0. The molecular formula is C19H18NP. The van der Waals surface area contributed by atoms with Gasteiger partial charge in [0.15, 0.2) is 0 Å². The largest absolute Gasteiger partial charge is 0.398 e. The minimum absolute atomic E-state index is 0.613. The third kappa shape index (κ3) is 2.84. The molecule has 0 radical (unpaired) electrons. The normalized spacial score (nSPS) is 10.8. The molecule has 3 rings (SSSR count). The number of nitrogens with two attached hydrogens (primary N) is 1. The fraction of sp³-hybridized carbons (Fsp3) is 0.0526.